The van der Waals surface area contributed by atoms with Gasteiger partial charge < -0.3 is 10.0 Å². The highest BCUT2D eigenvalue weighted by atomic mass is 16.4. The van der Waals surface area contributed by atoms with Crippen molar-refractivity contribution in [2.75, 3.05) is 7.05 Å². The Morgan fingerprint density at radius 1 is 1.32 bits per heavy atom. The molecule has 2 rings (SSSR count). The first-order chi connectivity index (χ1) is 8.96. The second kappa shape index (κ2) is 5.03. The van der Waals surface area contributed by atoms with Crippen LogP contribution in [0.15, 0.2) is 30.3 Å². The van der Waals surface area contributed by atoms with Crippen molar-refractivity contribution in [3.05, 3.63) is 35.9 Å². The average molecular weight is 261 g/mol. The monoisotopic (exact) mass is 261 g/mol. The lowest BCUT2D eigenvalue weighted by Gasteiger charge is -2.26. The molecule has 1 amide bonds. The topological polar surface area (TPSA) is 57.6 Å². The average Bonchev–Trinajstić information content (AvgIpc) is 3.18. The Kier molecular flexibility index (Phi) is 3.60. The van der Waals surface area contributed by atoms with E-state index in [0.717, 1.165) is 18.4 Å². The minimum atomic E-state index is -0.966. The van der Waals surface area contributed by atoms with Crippen LogP contribution < -0.4 is 0 Å². The molecule has 1 saturated carbocycles. The van der Waals surface area contributed by atoms with Gasteiger partial charge in [-0.1, -0.05) is 30.3 Å². The fourth-order valence-corrected chi connectivity index (χ4v) is 2.32. The van der Waals surface area contributed by atoms with Gasteiger partial charge in [0.2, 0.25) is 5.91 Å². The predicted molar refractivity (Wildman–Crippen MR) is 71.7 cm³/mol. The van der Waals surface area contributed by atoms with E-state index in [1.54, 1.807) is 14.0 Å². The first-order valence-electron chi connectivity index (χ1n) is 6.50. The minimum absolute atomic E-state index is 0.0498. The molecule has 0 saturated heterocycles. The van der Waals surface area contributed by atoms with Crippen LogP contribution >= 0.6 is 0 Å². The fraction of sp³-hybridized carbons (Fsp3) is 0.467. The largest absolute Gasteiger partial charge is 0.480 e. The number of carboxylic acid groups (broad SMARTS) is 1. The molecular formula is C15H19NO3. The van der Waals surface area contributed by atoms with Gasteiger partial charge in [-0.2, -0.15) is 0 Å². The summed E-state index contributed by atoms with van der Waals surface area (Å²) in [4.78, 5) is 24.8. The van der Waals surface area contributed by atoms with Gasteiger partial charge in [-0.25, -0.2) is 4.79 Å². The Balaban J connectivity index is 2.08. The zero-order valence-corrected chi connectivity index (χ0v) is 11.3. The van der Waals surface area contributed by atoms with Gasteiger partial charge >= 0.3 is 5.97 Å². The quantitative estimate of drug-likeness (QED) is 0.881. The molecule has 19 heavy (non-hydrogen) atoms. The number of amides is 1. The normalized spacial score (nSPS) is 17.6. The number of nitrogens with zero attached hydrogens (tertiary/aromatic N) is 1. The van der Waals surface area contributed by atoms with Crippen molar-refractivity contribution in [1.82, 2.24) is 4.90 Å². The molecule has 1 aromatic carbocycles. The summed E-state index contributed by atoms with van der Waals surface area (Å²) in [6.07, 6.45) is 2.39. The number of hydrogen-bond donors (Lipinski definition) is 1. The number of likely N-dealkylation sites (N-methyl/N-ethyl adjacent to an activating group) is 1. The van der Waals surface area contributed by atoms with Gasteiger partial charge in [-0.3, -0.25) is 4.79 Å². The summed E-state index contributed by atoms with van der Waals surface area (Å²) in [5, 5.41) is 8.98. The molecule has 1 aliphatic carbocycles. The van der Waals surface area contributed by atoms with E-state index in [1.165, 1.54) is 4.90 Å². The van der Waals surface area contributed by atoms with Crippen LogP contribution in [0.3, 0.4) is 0 Å². The molecule has 0 radical (unpaired) electrons. The molecule has 1 atom stereocenters. The van der Waals surface area contributed by atoms with E-state index in [2.05, 4.69) is 0 Å². The van der Waals surface area contributed by atoms with Crippen molar-refractivity contribution in [3.63, 3.8) is 0 Å². The summed E-state index contributed by atoms with van der Waals surface area (Å²) in [5.41, 5.74) is 0.754. The lowest BCUT2D eigenvalue weighted by molar-refractivity contribution is -0.150. The van der Waals surface area contributed by atoms with Crippen molar-refractivity contribution >= 4 is 11.9 Å². The molecule has 1 aliphatic rings. The number of benzene rings is 1. The summed E-state index contributed by atoms with van der Waals surface area (Å²) in [6, 6.07) is 9.10. The Morgan fingerprint density at radius 2 is 1.89 bits per heavy atom. The molecule has 0 bridgehead atoms. The van der Waals surface area contributed by atoms with Gasteiger partial charge in [0.1, 0.15) is 6.04 Å². The molecular weight excluding hydrogens is 242 g/mol. The zero-order valence-electron chi connectivity index (χ0n) is 11.3. The second-order valence-electron chi connectivity index (χ2n) is 5.37. The van der Waals surface area contributed by atoms with Crippen molar-refractivity contribution in [3.8, 4) is 0 Å². The summed E-state index contributed by atoms with van der Waals surface area (Å²) in [5.74, 6) is -1.02. The standard InChI is InChI=1S/C15H19NO3/c1-11(13(17)18)16(2)14(19)15(8-9-15)10-12-6-4-3-5-7-12/h3-7,11H,8-10H2,1-2H3,(H,17,18). The molecule has 1 unspecified atom stereocenters. The van der Waals surface area contributed by atoms with E-state index in [-0.39, 0.29) is 11.3 Å². The fourth-order valence-electron chi connectivity index (χ4n) is 2.32. The third-order valence-corrected chi connectivity index (χ3v) is 3.95. The van der Waals surface area contributed by atoms with Crippen molar-refractivity contribution in [1.29, 1.82) is 0 Å². The van der Waals surface area contributed by atoms with E-state index >= 15 is 0 Å². The lowest BCUT2D eigenvalue weighted by Crippen LogP contribution is -2.44. The molecule has 4 heteroatoms. The maximum atomic E-state index is 12.4. The van der Waals surface area contributed by atoms with Crippen LogP contribution in [-0.2, 0) is 16.0 Å². The zero-order chi connectivity index (χ0) is 14.0. The highest BCUT2D eigenvalue weighted by Crippen LogP contribution is 2.49. The molecule has 102 valence electrons. The van der Waals surface area contributed by atoms with E-state index in [4.69, 9.17) is 5.11 Å². The maximum Gasteiger partial charge on any atom is 0.326 e. The molecule has 4 nitrogen and oxygen atoms in total. The highest BCUT2D eigenvalue weighted by molar-refractivity contribution is 5.89. The van der Waals surface area contributed by atoms with Gasteiger partial charge in [-0.15, -0.1) is 0 Å². The van der Waals surface area contributed by atoms with Crippen LogP contribution in [0.1, 0.15) is 25.3 Å². The summed E-state index contributed by atoms with van der Waals surface area (Å²) in [7, 11) is 1.58. The van der Waals surface area contributed by atoms with Crippen LogP contribution in [0, 0.1) is 5.41 Å². The number of carbonyl (C=O) groups is 2. The number of aliphatic carboxylic acids is 1. The maximum absolute atomic E-state index is 12.4. The van der Waals surface area contributed by atoms with Gasteiger partial charge in [-0.05, 0) is 31.7 Å². The Bertz CT molecular complexity index is 479. The third kappa shape index (κ3) is 2.78. The lowest BCUT2D eigenvalue weighted by atomic mass is 9.94. The number of hydrogen-bond acceptors (Lipinski definition) is 2. The van der Waals surface area contributed by atoms with Crippen molar-refractivity contribution in [2.45, 2.75) is 32.2 Å². The SMILES string of the molecule is CC(C(=O)O)N(C)C(=O)C1(Cc2ccccc2)CC1. The van der Waals surface area contributed by atoms with Crippen LogP contribution in [0.4, 0.5) is 0 Å². The highest BCUT2D eigenvalue weighted by Gasteiger charge is 2.51. The Labute approximate surface area is 113 Å². The predicted octanol–water partition coefficient (Wildman–Crippen LogP) is 1.94. The molecule has 0 heterocycles. The summed E-state index contributed by atoms with van der Waals surface area (Å²) < 4.78 is 0. The van der Waals surface area contributed by atoms with Gasteiger partial charge in [0.15, 0.2) is 0 Å². The van der Waals surface area contributed by atoms with Gasteiger partial charge in [0.05, 0.1) is 5.41 Å². The van der Waals surface area contributed by atoms with E-state index in [1.807, 2.05) is 30.3 Å². The van der Waals surface area contributed by atoms with E-state index in [0.29, 0.717) is 6.42 Å². The first kappa shape index (κ1) is 13.6. The van der Waals surface area contributed by atoms with Gasteiger partial charge in [0.25, 0.3) is 0 Å². The van der Waals surface area contributed by atoms with E-state index in [9.17, 15) is 9.59 Å². The molecule has 0 aliphatic heterocycles. The molecule has 1 N–H and O–H groups in total. The van der Waals surface area contributed by atoms with Crippen molar-refractivity contribution in [2.24, 2.45) is 5.41 Å². The third-order valence-electron chi connectivity index (χ3n) is 3.95. The smallest absolute Gasteiger partial charge is 0.326 e. The molecule has 0 aromatic heterocycles. The summed E-state index contributed by atoms with van der Waals surface area (Å²) >= 11 is 0. The van der Waals surface area contributed by atoms with Crippen LogP contribution in [0.5, 0.6) is 0 Å². The van der Waals surface area contributed by atoms with Crippen LogP contribution in [0.25, 0.3) is 0 Å². The number of carboxylic acids is 1. The minimum Gasteiger partial charge on any atom is -0.480 e. The molecule has 1 aromatic rings. The van der Waals surface area contributed by atoms with Gasteiger partial charge in [0, 0.05) is 7.05 Å². The molecule has 1 fully saturated rings. The second-order valence-corrected chi connectivity index (χ2v) is 5.37. The van der Waals surface area contributed by atoms with Crippen LogP contribution in [0.2, 0.25) is 0 Å². The Morgan fingerprint density at radius 3 is 2.37 bits per heavy atom. The Hall–Kier alpha value is -1.84. The van der Waals surface area contributed by atoms with Crippen molar-refractivity contribution < 1.29 is 14.7 Å². The molecule has 0 spiro atoms. The number of carbonyl (C=O) groups excluding carboxylic acids is 1. The van der Waals surface area contributed by atoms with E-state index < -0.39 is 12.0 Å². The first-order valence-corrected chi connectivity index (χ1v) is 6.50. The number of rotatable bonds is 5. The van der Waals surface area contributed by atoms with Crippen LogP contribution in [-0.4, -0.2) is 35.0 Å². The summed E-state index contributed by atoms with van der Waals surface area (Å²) in [6.45, 7) is 1.54.